The average Bonchev–Trinajstić information content (AvgIpc) is 3.53. The fraction of sp³-hybridized carbons (Fsp3) is 0.364. The van der Waals surface area contributed by atoms with Gasteiger partial charge in [0.15, 0.2) is 23.0 Å². The molecule has 0 amide bonds. The topological polar surface area (TPSA) is 82.6 Å². The zero-order chi connectivity index (χ0) is 20.8. The number of likely N-dealkylation sites (tertiary alicyclic amines) is 1. The van der Waals surface area contributed by atoms with Crippen LogP contribution in [0.3, 0.4) is 0 Å². The molecule has 1 fully saturated rings. The molecule has 0 spiro atoms. The molecule has 6 rings (SSSR count). The Labute approximate surface area is 179 Å². The molecule has 158 valence electrons. The number of aromatic nitrogens is 6. The van der Waals surface area contributed by atoms with Gasteiger partial charge in [-0.2, -0.15) is 14.7 Å². The molecule has 0 N–H and O–H groups in total. The van der Waals surface area contributed by atoms with Gasteiger partial charge in [-0.15, -0.1) is 10.2 Å². The van der Waals surface area contributed by atoms with Crippen LogP contribution in [0.25, 0.3) is 16.9 Å². The van der Waals surface area contributed by atoms with Crippen molar-refractivity contribution in [2.45, 2.75) is 25.3 Å². The highest BCUT2D eigenvalue weighted by Crippen LogP contribution is 2.34. The molecule has 0 saturated carbocycles. The summed E-state index contributed by atoms with van der Waals surface area (Å²) in [6.07, 6.45) is 5.86. The SMILES string of the molecule is Cn1cc(-c2ccc3nnc(C4CCN(Cc5ccc6c(c5)OCO6)CC4)n3n2)cn1. The fourth-order valence-electron chi connectivity index (χ4n) is 4.41. The minimum absolute atomic E-state index is 0.313. The molecule has 9 nitrogen and oxygen atoms in total. The highest BCUT2D eigenvalue weighted by Gasteiger charge is 2.26. The van der Waals surface area contributed by atoms with Gasteiger partial charge < -0.3 is 9.47 Å². The largest absolute Gasteiger partial charge is 0.454 e. The number of rotatable bonds is 4. The van der Waals surface area contributed by atoms with E-state index in [2.05, 4.69) is 32.3 Å². The van der Waals surface area contributed by atoms with E-state index < -0.39 is 0 Å². The molecule has 0 radical (unpaired) electrons. The van der Waals surface area contributed by atoms with Crippen LogP contribution >= 0.6 is 0 Å². The molecule has 0 unspecified atom stereocenters. The van der Waals surface area contributed by atoms with Crippen molar-refractivity contribution in [3.05, 3.63) is 54.1 Å². The van der Waals surface area contributed by atoms with Crippen molar-refractivity contribution in [2.75, 3.05) is 19.9 Å². The van der Waals surface area contributed by atoms with Crippen LogP contribution in [-0.2, 0) is 13.6 Å². The van der Waals surface area contributed by atoms with Gasteiger partial charge in [-0.1, -0.05) is 6.07 Å². The van der Waals surface area contributed by atoms with Crippen LogP contribution < -0.4 is 9.47 Å². The van der Waals surface area contributed by atoms with E-state index in [1.54, 1.807) is 4.68 Å². The third-order valence-corrected chi connectivity index (χ3v) is 6.08. The minimum atomic E-state index is 0.313. The third kappa shape index (κ3) is 3.40. The van der Waals surface area contributed by atoms with Gasteiger partial charge in [-0.25, -0.2) is 0 Å². The summed E-state index contributed by atoms with van der Waals surface area (Å²) in [5, 5.41) is 17.9. The van der Waals surface area contributed by atoms with Crippen molar-refractivity contribution in [2.24, 2.45) is 7.05 Å². The number of piperidine rings is 1. The summed E-state index contributed by atoms with van der Waals surface area (Å²) in [6, 6.07) is 10.2. The maximum atomic E-state index is 5.51. The van der Waals surface area contributed by atoms with Gasteiger partial charge in [-0.05, 0) is 55.8 Å². The summed E-state index contributed by atoms with van der Waals surface area (Å²) < 4.78 is 14.6. The second kappa shape index (κ2) is 7.35. The predicted molar refractivity (Wildman–Crippen MR) is 113 cm³/mol. The molecule has 0 aliphatic carbocycles. The van der Waals surface area contributed by atoms with E-state index in [1.165, 1.54) is 5.56 Å². The van der Waals surface area contributed by atoms with E-state index >= 15 is 0 Å². The first kappa shape index (κ1) is 18.3. The maximum Gasteiger partial charge on any atom is 0.231 e. The summed E-state index contributed by atoms with van der Waals surface area (Å²) in [6.45, 7) is 3.24. The van der Waals surface area contributed by atoms with Crippen LogP contribution in [0.4, 0.5) is 0 Å². The van der Waals surface area contributed by atoms with Crippen LogP contribution in [0.2, 0.25) is 0 Å². The van der Waals surface area contributed by atoms with Gasteiger partial charge in [0.2, 0.25) is 6.79 Å². The zero-order valence-electron chi connectivity index (χ0n) is 17.3. The highest BCUT2D eigenvalue weighted by atomic mass is 16.7. The van der Waals surface area contributed by atoms with Crippen molar-refractivity contribution in [1.82, 2.24) is 34.5 Å². The van der Waals surface area contributed by atoms with E-state index in [-0.39, 0.29) is 0 Å². The summed E-state index contributed by atoms with van der Waals surface area (Å²) in [5.41, 5.74) is 3.90. The summed E-state index contributed by atoms with van der Waals surface area (Å²) in [5.74, 6) is 2.97. The molecule has 0 atom stereocenters. The Morgan fingerprint density at radius 3 is 2.74 bits per heavy atom. The number of aryl methyl sites for hydroxylation is 1. The number of nitrogens with zero attached hydrogens (tertiary/aromatic N) is 7. The molecule has 3 aromatic heterocycles. The lowest BCUT2D eigenvalue weighted by Crippen LogP contribution is -2.33. The molecule has 9 heteroatoms. The number of fused-ring (bicyclic) bond motifs is 2. The molecule has 1 saturated heterocycles. The van der Waals surface area contributed by atoms with E-state index in [0.717, 1.165) is 66.7 Å². The monoisotopic (exact) mass is 417 g/mol. The van der Waals surface area contributed by atoms with Crippen LogP contribution in [0, 0.1) is 0 Å². The van der Waals surface area contributed by atoms with Gasteiger partial charge in [0, 0.05) is 31.3 Å². The first-order valence-corrected chi connectivity index (χ1v) is 10.6. The Morgan fingerprint density at radius 1 is 1.03 bits per heavy atom. The highest BCUT2D eigenvalue weighted by molar-refractivity contribution is 5.58. The second-order valence-corrected chi connectivity index (χ2v) is 8.19. The van der Waals surface area contributed by atoms with E-state index in [9.17, 15) is 0 Å². The predicted octanol–water partition coefficient (Wildman–Crippen LogP) is 2.63. The van der Waals surface area contributed by atoms with Gasteiger partial charge >= 0.3 is 0 Å². The quantitative estimate of drug-likeness (QED) is 0.505. The number of benzene rings is 1. The second-order valence-electron chi connectivity index (χ2n) is 8.19. The molecule has 4 aromatic rings. The lowest BCUT2D eigenvalue weighted by Gasteiger charge is -2.31. The van der Waals surface area contributed by atoms with Gasteiger partial charge in [0.05, 0.1) is 11.9 Å². The molecule has 5 heterocycles. The molecule has 2 aliphatic rings. The average molecular weight is 417 g/mol. The third-order valence-electron chi connectivity index (χ3n) is 6.08. The van der Waals surface area contributed by atoms with Crippen LogP contribution in [-0.4, -0.2) is 54.4 Å². The first-order valence-electron chi connectivity index (χ1n) is 10.6. The summed E-state index contributed by atoms with van der Waals surface area (Å²) in [4.78, 5) is 2.48. The molecular weight excluding hydrogens is 394 g/mol. The Balaban J connectivity index is 1.17. The summed E-state index contributed by atoms with van der Waals surface area (Å²) in [7, 11) is 1.91. The number of ether oxygens (including phenoxy) is 2. The summed E-state index contributed by atoms with van der Waals surface area (Å²) >= 11 is 0. The lowest BCUT2D eigenvalue weighted by molar-refractivity contribution is 0.173. The zero-order valence-corrected chi connectivity index (χ0v) is 17.3. The van der Waals surface area contributed by atoms with Crippen molar-refractivity contribution in [1.29, 1.82) is 0 Å². The van der Waals surface area contributed by atoms with Gasteiger partial charge in [-0.3, -0.25) is 9.58 Å². The van der Waals surface area contributed by atoms with E-state index in [0.29, 0.717) is 12.7 Å². The smallest absolute Gasteiger partial charge is 0.231 e. The Kier molecular flexibility index (Phi) is 4.34. The Morgan fingerprint density at radius 2 is 1.90 bits per heavy atom. The van der Waals surface area contributed by atoms with Gasteiger partial charge in [0.1, 0.15) is 0 Å². The van der Waals surface area contributed by atoms with Crippen LogP contribution in [0.15, 0.2) is 42.7 Å². The number of hydrogen-bond acceptors (Lipinski definition) is 7. The Bertz CT molecular complexity index is 1240. The van der Waals surface area contributed by atoms with E-state index in [4.69, 9.17) is 14.6 Å². The van der Waals surface area contributed by atoms with Crippen LogP contribution in [0.5, 0.6) is 11.5 Å². The van der Waals surface area contributed by atoms with E-state index in [1.807, 2.05) is 42.2 Å². The van der Waals surface area contributed by atoms with Crippen molar-refractivity contribution in [3.8, 4) is 22.8 Å². The molecule has 2 aliphatic heterocycles. The standard InChI is InChI=1S/C22H23N7O2/c1-27-13-17(11-23-27)18-3-5-21-24-25-22(29(21)26-18)16-6-8-28(9-7-16)12-15-2-4-19-20(10-15)31-14-30-19/h2-5,10-11,13,16H,6-9,12,14H2,1H3. The van der Waals surface area contributed by atoms with Crippen LogP contribution in [0.1, 0.15) is 30.1 Å². The Hall–Kier alpha value is -3.46. The number of hydrogen-bond donors (Lipinski definition) is 0. The first-order chi connectivity index (χ1) is 15.2. The van der Waals surface area contributed by atoms with Crippen molar-refractivity contribution < 1.29 is 9.47 Å². The normalized spacial score (nSPS) is 16.9. The molecule has 0 bridgehead atoms. The van der Waals surface area contributed by atoms with Crippen molar-refractivity contribution >= 4 is 5.65 Å². The molecular formula is C22H23N7O2. The van der Waals surface area contributed by atoms with Crippen molar-refractivity contribution in [3.63, 3.8) is 0 Å². The molecule has 31 heavy (non-hydrogen) atoms. The van der Waals surface area contributed by atoms with Gasteiger partial charge in [0.25, 0.3) is 0 Å². The molecule has 1 aromatic carbocycles. The lowest BCUT2D eigenvalue weighted by atomic mass is 9.95. The maximum absolute atomic E-state index is 5.51. The minimum Gasteiger partial charge on any atom is -0.454 e. The fourth-order valence-corrected chi connectivity index (χ4v) is 4.41.